The van der Waals surface area contributed by atoms with Crippen LogP contribution in [0.5, 0.6) is 11.5 Å². The fourth-order valence-electron chi connectivity index (χ4n) is 3.01. The largest absolute Gasteiger partial charge is 0.497 e. The van der Waals surface area contributed by atoms with Gasteiger partial charge in [0.15, 0.2) is 12.7 Å². The Morgan fingerprint density at radius 1 is 0.806 bits per heavy atom. The van der Waals surface area contributed by atoms with E-state index in [-0.39, 0.29) is 12.6 Å². The second-order valence-electron chi connectivity index (χ2n) is 6.86. The molecular weight excluding hydrogens is 394 g/mol. The van der Waals surface area contributed by atoms with Gasteiger partial charge in [-0.15, -0.1) is 0 Å². The zero-order valence-corrected chi connectivity index (χ0v) is 17.5. The maximum absolute atomic E-state index is 12.7. The molecule has 31 heavy (non-hydrogen) atoms. The monoisotopic (exact) mass is 419 g/mol. The van der Waals surface area contributed by atoms with Crippen molar-refractivity contribution in [2.24, 2.45) is 0 Å². The smallest absolute Gasteiger partial charge is 0.344 e. The van der Waals surface area contributed by atoms with E-state index in [2.05, 4.69) is 5.32 Å². The van der Waals surface area contributed by atoms with E-state index in [9.17, 15) is 9.59 Å². The predicted octanol–water partition coefficient (Wildman–Crippen LogP) is 3.91. The molecule has 0 radical (unpaired) electrons. The molecule has 0 fully saturated rings. The molecule has 3 aromatic rings. The van der Waals surface area contributed by atoms with Crippen LogP contribution in [0.1, 0.15) is 24.1 Å². The lowest BCUT2D eigenvalue weighted by Crippen LogP contribution is -2.39. The highest BCUT2D eigenvalue weighted by Crippen LogP contribution is 2.22. The number of hydrogen-bond acceptors (Lipinski definition) is 5. The van der Waals surface area contributed by atoms with Crippen molar-refractivity contribution in [3.8, 4) is 11.5 Å². The zero-order valence-electron chi connectivity index (χ0n) is 17.5. The molecule has 0 heterocycles. The molecule has 0 aromatic heterocycles. The summed E-state index contributed by atoms with van der Waals surface area (Å²) < 4.78 is 15.7. The summed E-state index contributed by atoms with van der Waals surface area (Å²) in [5.74, 6) is 0.166. The third-order valence-corrected chi connectivity index (χ3v) is 4.65. The first-order chi connectivity index (χ1) is 15.1. The molecule has 0 aliphatic rings. The Morgan fingerprint density at radius 3 is 1.84 bits per heavy atom. The molecule has 1 N–H and O–H groups in total. The first-order valence-corrected chi connectivity index (χ1v) is 9.93. The number of amides is 1. The van der Waals surface area contributed by atoms with E-state index in [1.165, 1.54) is 6.92 Å². The SMILES string of the molecule is COc1ccc(OCC(=O)O[C@@H](C)C(=O)NC(c2ccccc2)c2ccccc2)cc1. The van der Waals surface area contributed by atoms with Gasteiger partial charge in [-0.1, -0.05) is 60.7 Å². The number of rotatable bonds is 9. The van der Waals surface area contributed by atoms with Crippen molar-refractivity contribution in [2.75, 3.05) is 13.7 Å². The van der Waals surface area contributed by atoms with E-state index < -0.39 is 18.0 Å². The summed E-state index contributed by atoms with van der Waals surface area (Å²) in [6.07, 6.45) is -0.970. The Bertz CT molecular complexity index is 934. The summed E-state index contributed by atoms with van der Waals surface area (Å²) >= 11 is 0. The lowest BCUT2D eigenvalue weighted by Gasteiger charge is -2.22. The average Bonchev–Trinajstić information content (AvgIpc) is 2.82. The molecule has 3 aromatic carbocycles. The van der Waals surface area contributed by atoms with Crippen LogP contribution in [0.3, 0.4) is 0 Å². The van der Waals surface area contributed by atoms with Crippen LogP contribution in [0, 0.1) is 0 Å². The van der Waals surface area contributed by atoms with E-state index in [1.807, 2.05) is 60.7 Å². The molecular formula is C25H25NO5. The molecule has 0 bridgehead atoms. The molecule has 0 unspecified atom stereocenters. The second kappa shape index (κ2) is 10.8. The molecule has 1 amide bonds. The molecule has 0 spiro atoms. The topological polar surface area (TPSA) is 73.9 Å². The summed E-state index contributed by atoms with van der Waals surface area (Å²) in [5, 5.41) is 2.97. The Balaban J connectivity index is 1.58. The lowest BCUT2D eigenvalue weighted by molar-refractivity contribution is -0.156. The molecule has 0 saturated carbocycles. The summed E-state index contributed by atoms with van der Waals surface area (Å²) in [5.41, 5.74) is 1.87. The molecule has 6 heteroatoms. The van der Waals surface area contributed by atoms with E-state index >= 15 is 0 Å². The maximum Gasteiger partial charge on any atom is 0.344 e. The molecule has 6 nitrogen and oxygen atoms in total. The summed E-state index contributed by atoms with van der Waals surface area (Å²) in [6.45, 7) is 1.23. The maximum atomic E-state index is 12.7. The van der Waals surface area contributed by atoms with Gasteiger partial charge in [-0.05, 0) is 42.3 Å². The van der Waals surface area contributed by atoms with Gasteiger partial charge < -0.3 is 19.5 Å². The van der Waals surface area contributed by atoms with Crippen LogP contribution in [0.25, 0.3) is 0 Å². The predicted molar refractivity (Wildman–Crippen MR) is 117 cm³/mol. The number of carbonyl (C=O) groups excluding carboxylic acids is 2. The number of nitrogens with one attached hydrogen (secondary N) is 1. The van der Waals surface area contributed by atoms with Crippen LogP contribution in [0.15, 0.2) is 84.9 Å². The van der Waals surface area contributed by atoms with Crippen molar-refractivity contribution in [1.29, 1.82) is 0 Å². The summed E-state index contributed by atoms with van der Waals surface area (Å²) in [6, 6.07) is 25.7. The quantitative estimate of drug-likeness (QED) is 0.533. The molecule has 3 rings (SSSR count). The third kappa shape index (κ3) is 6.34. The number of benzene rings is 3. The van der Waals surface area contributed by atoms with Crippen LogP contribution in [-0.2, 0) is 14.3 Å². The first-order valence-electron chi connectivity index (χ1n) is 9.93. The third-order valence-electron chi connectivity index (χ3n) is 4.65. The zero-order chi connectivity index (χ0) is 22.1. The first kappa shape index (κ1) is 21.9. The number of carbonyl (C=O) groups is 2. The van der Waals surface area contributed by atoms with Gasteiger partial charge in [-0.25, -0.2) is 4.79 Å². The minimum absolute atomic E-state index is 0.301. The van der Waals surface area contributed by atoms with E-state index in [1.54, 1.807) is 31.4 Å². The lowest BCUT2D eigenvalue weighted by atomic mass is 9.98. The summed E-state index contributed by atoms with van der Waals surface area (Å²) in [4.78, 5) is 24.9. The van der Waals surface area contributed by atoms with Crippen LogP contribution in [0.2, 0.25) is 0 Å². The van der Waals surface area contributed by atoms with Crippen molar-refractivity contribution in [2.45, 2.75) is 19.1 Å². The minimum atomic E-state index is -0.970. The van der Waals surface area contributed by atoms with Gasteiger partial charge in [0.2, 0.25) is 0 Å². The van der Waals surface area contributed by atoms with Crippen LogP contribution < -0.4 is 14.8 Å². The minimum Gasteiger partial charge on any atom is -0.497 e. The van der Waals surface area contributed by atoms with Crippen molar-refractivity contribution >= 4 is 11.9 Å². The Labute approximate surface area is 181 Å². The highest BCUT2D eigenvalue weighted by Gasteiger charge is 2.23. The highest BCUT2D eigenvalue weighted by atomic mass is 16.6. The molecule has 0 aliphatic heterocycles. The van der Waals surface area contributed by atoms with E-state index in [0.29, 0.717) is 11.5 Å². The van der Waals surface area contributed by atoms with E-state index in [0.717, 1.165) is 11.1 Å². The number of hydrogen-bond donors (Lipinski definition) is 1. The average molecular weight is 419 g/mol. The Kier molecular flexibility index (Phi) is 7.65. The Hall–Kier alpha value is -3.80. The number of esters is 1. The van der Waals surface area contributed by atoms with Gasteiger partial charge in [-0.3, -0.25) is 4.79 Å². The fourth-order valence-corrected chi connectivity index (χ4v) is 3.01. The molecule has 0 saturated heterocycles. The van der Waals surface area contributed by atoms with Gasteiger partial charge in [0.1, 0.15) is 11.5 Å². The van der Waals surface area contributed by atoms with Crippen molar-refractivity contribution in [1.82, 2.24) is 5.32 Å². The van der Waals surface area contributed by atoms with Crippen molar-refractivity contribution < 1.29 is 23.8 Å². The van der Waals surface area contributed by atoms with Gasteiger partial charge in [0.05, 0.1) is 13.2 Å². The fraction of sp³-hybridized carbons (Fsp3) is 0.200. The van der Waals surface area contributed by atoms with Gasteiger partial charge in [0, 0.05) is 0 Å². The Morgan fingerprint density at radius 2 is 1.32 bits per heavy atom. The standard InChI is InChI=1S/C25H25NO5/c1-18(31-23(27)17-30-22-15-13-21(29-2)14-16-22)25(28)26-24(19-9-5-3-6-10-19)20-11-7-4-8-12-20/h3-16,18,24H,17H2,1-2H3,(H,26,28)/t18-/m0/s1. The number of methoxy groups -OCH3 is 1. The number of ether oxygens (including phenoxy) is 3. The van der Waals surface area contributed by atoms with Crippen molar-refractivity contribution in [3.63, 3.8) is 0 Å². The van der Waals surface area contributed by atoms with Gasteiger partial charge >= 0.3 is 5.97 Å². The normalized spacial score (nSPS) is 11.5. The van der Waals surface area contributed by atoms with Crippen molar-refractivity contribution in [3.05, 3.63) is 96.1 Å². The van der Waals surface area contributed by atoms with Gasteiger partial charge in [0.25, 0.3) is 5.91 Å². The van der Waals surface area contributed by atoms with Crippen LogP contribution in [0.4, 0.5) is 0 Å². The molecule has 1 atom stereocenters. The molecule has 0 aliphatic carbocycles. The molecule has 160 valence electrons. The second-order valence-corrected chi connectivity index (χ2v) is 6.86. The summed E-state index contributed by atoms with van der Waals surface area (Å²) in [7, 11) is 1.57. The van der Waals surface area contributed by atoms with E-state index in [4.69, 9.17) is 14.2 Å². The van der Waals surface area contributed by atoms with Crippen LogP contribution >= 0.6 is 0 Å². The van der Waals surface area contributed by atoms with Crippen LogP contribution in [-0.4, -0.2) is 31.7 Å². The van der Waals surface area contributed by atoms with Gasteiger partial charge in [-0.2, -0.15) is 0 Å². The highest BCUT2D eigenvalue weighted by molar-refractivity contribution is 5.84.